The van der Waals surface area contributed by atoms with Gasteiger partial charge >= 0.3 is 6.03 Å². The summed E-state index contributed by atoms with van der Waals surface area (Å²) < 4.78 is 26.8. The molecule has 0 unspecified atom stereocenters. The van der Waals surface area contributed by atoms with Gasteiger partial charge in [-0.3, -0.25) is 0 Å². The van der Waals surface area contributed by atoms with Crippen molar-refractivity contribution < 1.29 is 13.6 Å². The molecule has 0 atom stereocenters. The van der Waals surface area contributed by atoms with Crippen LogP contribution in [0.25, 0.3) is 0 Å². The van der Waals surface area contributed by atoms with Crippen LogP contribution in [0, 0.1) is 23.0 Å². The van der Waals surface area contributed by atoms with Crippen molar-refractivity contribution in [3.63, 3.8) is 0 Å². The number of hydrogen-bond donors (Lipinski definition) is 1. The lowest BCUT2D eigenvalue weighted by Crippen LogP contribution is -2.50. The molecule has 2 aromatic carbocycles. The zero-order valence-corrected chi connectivity index (χ0v) is 13.4. The summed E-state index contributed by atoms with van der Waals surface area (Å²) in [6, 6.07) is 11.9. The zero-order valence-electron chi connectivity index (χ0n) is 13.4. The zero-order chi connectivity index (χ0) is 17.8. The number of nitrogens with one attached hydrogen (secondary N) is 1. The number of carbonyl (C=O) groups excluding carboxylic acids is 1. The van der Waals surface area contributed by atoms with Crippen LogP contribution < -0.4 is 10.2 Å². The molecule has 1 fully saturated rings. The van der Waals surface area contributed by atoms with Gasteiger partial charge in [-0.1, -0.05) is 12.1 Å². The SMILES string of the molecule is N#Cc1ccccc1N1CCN(C(=O)Nc2cc(F)ccc2F)CC1. The van der Waals surface area contributed by atoms with E-state index in [1.807, 2.05) is 17.0 Å². The normalized spacial score (nSPS) is 14.1. The summed E-state index contributed by atoms with van der Waals surface area (Å²) in [4.78, 5) is 15.8. The predicted molar refractivity (Wildman–Crippen MR) is 90.3 cm³/mol. The Balaban J connectivity index is 1.63. The minimum absolute atomic E-state index is 0.178. The van der Waals surface area contributed by atoms with E-state index in [2.05, 4.69) is 11.4 Å². The topological polar surface area (TPSA) is 59.4 Å². The first-order chi connectivity index (χ1) is 12.1. The van der Waals surface area contributed by atoms with E-state index in [0.29, 0.717) is 31.7 Å². The van der Waals surface area contributed by atoms with Crippen molar-refractivity contribution in [1.29, 1.82) is 5.26 Å². The van der Waals surface area contributed by atoms with Crippen LogP contribution >= 0.6 is 0 Å². The van der Waals surface area contributed by atoms with Crippen molar-refractivity contribution in [2.24, 2.45) is 0 Å². The van der Waals surface area contributed by atoms with Gasteiger partial charge in [0.25, 0.3) is 0 Å². The number of benzene rings is 2. The molecule has 0 aromatic heterocycles. The van der Waals surface area contributed by atoms with E-state index in [0.717, 1.165) is 23.9 Å². The third-order valence-corrected chi connectivity index (χ3v) is 4.10. The molecular weight excluding hydrogens is 326 g/mol. The lowest BCUT2D eigenvalue weighted by atomic mass is 10.1. The summed E-state index contributed by atoms with van der Waals surface area (Å²) in [5.74, 6) is -1.30. The van der Waals surface area contributed by atoms with Crippen molar-refractivity contribution in [3.05, 3.63) is 59.7 Å². The first-order valence-electron chi connectivity index (χ1n) is 7.83. The molecule has 1 aliphatic rings. The second-order valence-electron chi connectivity index (χ2n) is 5.66. The Hall–Kier alpha value is -3.14. The second-order valence-corrected chi connectivity index (χ2v) is 5.66. The molecule has 0 radical (unpaired) electrons. The fraction of sp³-hybridized carbons (Fsp3) is 0.222. The monoisotopic (exact) mass is 342 g/mol. The Morgan fingerprint density at radius 1 is 1.08 bits per heavy atom. The van der Waals surface area contributed by atoms with Gasteiger partial charge < -0.3 is 15.1 Å². The number of rotatable bonds is 2. The average Bonchev–Trinajstić information content (AvgIpc) is 2.64. The molecule has 3 rings (SSSR count). The predicted octanol–water partition coefficient (Wildman–Crippen LogP) is 3.19. The number of piperazine rings is 1. The van der Waals surface area contributed by atoms with Gasteiger partial charge in [0.1, 0.15) is 17.7 Å². The number of urea groups is 1. The van der Waals surface area contributed by atoms with E-state index in [1.54, 1.807) is 12.1 Å². The van der Waals surface area contributed by atoms with Crippen LogP contribution in [0.2, 0.25) is 0 Å². The van der Waals surface area contributed by atoms with Gasteiger partial charge in [-0.05, 0) is 24.3 Å². The molecule has 1 aliphatic heterocycles. The Labute approximate surface area is 144 Å². The fourth-order valence-corrected chi connectivity index (χ4v) is 2.78. The minimum atomic E-state index is -0.684. The van der Waals surface area contributed by atoms with Crippen LogP contribution in [0.3, 0.4) is 0 Å². The quantitative estimate of drug-likeness (QED) is 0.912. The number of carbonyl (C=O) groups is 1. The highest BCUT2D eigenvalue weighted by Gasteiger charge is 2.23. The standard InChI is InChI=1S/C18H16F2N4O/c19-14-5-6-15(20)16(11-14)22-18(25)24-9-7-23(8-10-24)17-4-2-1-3-13(17)12-21/h1-6,11H,7-10H2,(H,22,25). The van der Waals surface area contributed by atoms with Crippen LogP contribution in [-0.4, -0.2) is 37.1 Å². The largest absolute Gasteiger partial charge is 0.367 e. The molecule has 0 bridgehead atoms. The maximum atomic E-state index is 13.6. The molecule has 0 saturated carbocycles. The smallest absolute Gasteiger partial charge is 0.322 e. The van der Waals surface area contributed by atoms with E-state index < -0.39 is 17.7 Å². The van der Waals surface area contributed by atoms with Gasteiger partial charge in [-0.15, -0.1) is 0 Å². The first-order valence-corrected chi connectivity index (χ1v) is 7.83. The number of nitrogens with zero attached hydrogens (tertiary/aromatic N) is 3. The van der Waals surface area contributed by atoms with E-state index >= 15 is 0 Å². The van der Waals surface area contributed by atoms with Crippen LogP contribution in [0.5, 0.6) is 0 Å². The highest BCUT2D eigenvalue weighted by molar-refractivity contribution is 5.89. The van der Waals surface area contributed by atoms with Crippen LogP contribution in [0.15, 0.2) is 42.5 Å². The van der Waals surface area contributed by atoms with Gasteiger partial charge in [-0.25, -0.2) is 13.6 Å². The van der Waals surface area contributed by atoms with E-state index in [-0.39, 0.29) is 5.69 Å². The van der Waals surface area contributed by atoms with E-state index in [1.165, 1.54) is 4.90 Å². The Morgan fingerprint density at radius 2 is 1.80 bits per heavy atom. The first kappa shape index (κ1) is 16.7. The molecule has 7 heteroatoms. The number of halogens is 2. The molecular formula is C18H16F2N4O. The van der Waals surface area contributed by atoms with Gasteiger partial charge in [0.2, 0.25) is 0 Å². The number of para-hydroxylation sites is 1. The average molecular weight is 342 g/mol. The Kier molecular flexibility index (Phi) is 4.80. The molecule has 0 spiro atoms. The summed E-state index contributed by atoms with van der Waals surface area (Å²) in [6.07, 6.45) is 0. The molecule has 1 heterocycles. The maximum Gasteiger partial charge on any atom is 0.322 e. The van der Waals surface area contributed by atoms with E-state index in [9.17, 15) is 18.8 Å². The summed E-state index contributed by atoms with van der Waals surface area (Å²) in [5, 5.41) is 11.6. The molecule has 1 N–H and O–H groups in total. The molecule has 25 heavy (non-hydrogen) atoms. The number of nitriles is 1. The summed E-state index contributed by atoms with van der Waals surface area (Å²) in [5.41, 5.74) is 1.24. The third-order valence-electron chi connectivity index (χ3n) is 4.10. The van der Waals surface area contributed by atoms with Crippen LogP contribution in [-0.2, 0) is 0 Å². The van der Waals surface area contributed by atoms with Crippen LogP contribution in [0.4, 0.5) is 25.0 Å². The third kappa shape index (κ3) is 3.69. The Bertz CT molecular complexity index is 826. The van der Waals surface area contributed by atoms with Crippen molar-refractivity contribution in [3.8, 4) is 6.07 Å². The lowest BCUT2D eigenvalue weighted by Gasteiger charge is -2.36. The van der Waals surface area contributed by atoms with Crippen molar-refractivity contribution in [2.75, 3.05) is 36.4 Å². The number of amides is 2. The number of hydrogen-bond acceptors (Lipinski definition) is 3. The van der Waals surface area contributed by atoms with Gasteiger partial charge in [0, 0.05) is 32.2 Å². The van der Waals surface area contributed by atoms with Crippen LogP contribution in [0.1, 0.15) is 5.56 Å². The molecule has 128 valence electrons. The fourth-order valence-electron chi connectivity index (χ4n) is 2.78. The van der Waals surface area contributed by atoms with Gasteiger partial charge in [-0.2, -0.15) is 5.26 Å². The maximum absolute atomic E-state index is 13.6. The Morgan fingerprint density at radius 3 is 2.52 bits per heavy atom. The summed E-state index contributed by atoms with van der Waals surface area (Å²) in [7, 11) is 0. The minimum Gasteiger partial charge on any atom is -0.367 e. The highest BCUT2D eigenvalue weighted by atomic mass is 19.1. The summed E-state index contributed by atoms with van der Waals surface area (Å²) in [6.45, 7) is 1.94. The highest BCUT2D eigenvalue weighted by Crippen LogP contribution is 2.22. The molecule has 0 aliphatic carbocycles. The molecule has 1 saturated heterocycles. The molecule has 2 aromatic rings. The number of anilines is 2. The second kappa shape index (κ2) is 7.18. The van der Waals surface area contributed by atoms with Gasteiger partial charge in [0.15, 0.2) is 0 Å². The van der Waals surface area contributed by atoms with E-state index in [4.69, 9.17) is 0 Å². The lowest BCUT2D eigenvalue weighted by molar-refractivity contribution is 0.208. The molecule has 5 nitrogen and oxygen atoms in total. The summed E-state index contributed by atoms with van der Waals surface area (Å²) >= 11 is 0. The van der Waals surface area contributed by atoms with Crippen molar-refractivity contribution in [1.82, 2.24) is 4.90 Å². The van der Waals surface area contributed by atoms with Crippen molar-refractivity contribution in [2.45, 2.75) is 0 Å². The molecule has 2 amide bonds. The van der Waals surface area contributed by atoms with Gasteiger partial charge in [0.05, 0.1) is 16.9 Å². The van der Waals surface area contributed by atoms with Crippen molar-refractivity contribution >= 4 is 17.4 Å².